The van der Waals surface area contributed by atoms with Gasteiger partial charge in [-0.05, 0) is 0 Å². The maximum Gasteiger partial charge on any atom is 0.353 e. The SMILES string of the molecule is NC(O)(CF)C(=O)O. The van der Waals surface area contributed by atoms with Gasteiger partial charge in [-0.15, -0.1) is 0 Å². The lowest BCUT2D eigenvalue weighted by atomic mass is 10.3. The molecule has 0 spiro atoms. The van der Waals surface area contributed by atoms with Crippen molar-refractivity contribution >= 4 is 5.97 Å². The Kier molecular flexibility index (Phi) is 1.88. The van der Waals surface area contributed by atoms with E-state index in [9.17, 15) is 9.18 Å². The van der Waals surface area contributed by atoms with Crippen LogP contribution >= 0.6 is 0 Å². The van der Waals surface area contributed by atoms with Crippen LogP contribution in [0.1, 0.15) is 0 Å². The van der Waals surface area contributed by atoms with Crippen molar-refractivity contribution in [2.75, 3.05) is 6.67 Å². The molecule has 0 rings (SSSR count). The van der Waals surface area contributed by atoms with E-state index in [4.69, 9.17) is 10.2 Å². The van der Waals surface area contributed by atoms with E-state index >= 15 is 0 Å². The van der Waals surface area contributed by atoms with E-state index in [-0.39, 0.29) is 0 Å². The van der Waals surface area contributed by atoms with Crippen molar-refractivity contribution in [2.45, 2.75) is 5.72 Å². The highest BCUT2D eigenvalue weighted by molar-refractivity contribution is 5.76. The number of hydrogen-bond donors (Lipinski definition) is 3. The van der Waals surface area contributed by atoms with E-state index in [0.29, 0.717) is 0 Å². The fourth-order valence-electron chi connectivity index (χ4n) is 0.0572. The van der Waals surface area contributed by atoms with Crippen LogP contribution < -0.4 is 5.73 Å². The first kappa shape index (κ1) is 7.32. The van der Waals surface area contributed by atoms with Crippen molar-refractivity contribution in [3.05, 3.63) is 0 Å². The van der Waals surface area contributed by atoms with Crippen molar-refractivity contribution < 1.29 is 19.4 Å². The number of carbonyl (C=O) groups is 1. The Morgan fingerprint density at radius 1 is 1.88 bits per heavy atom. The molecule has 1 atom stereocenters. The largest absolute Gasteiger partial charge is 0.478 e. The average molecular weight is 123 g/mol. The highest BCUT2D eigenvalue weighted by Crippen LogP contribution is 1.93. The molecule has 0 aromatic carbocycles. The standard InChI is InChI=1S/C3H6FNO3/c4-1-3(5,8)2(6)7/h8H,1,5H2,(H,6,7). The Labute approximate surface area is 44.7 Å². The second-order valence-electron chi connectivity index (χ2n) is 1.36. The predicted octanol–water partition coefficient (Wildman–Crippen LogP) is -1.31. The molecule has 48 valence electrons. The number of alkyl halides is 1. The first-order valence-electron chi connectivity index (χ1n) is 1.81. The van der Waals surface area contributed by atoms with E-state index in [1.54, 1.807) is 0 Å². The highest BCUT2D eigenvalue weighted by Gasteiger charge is 2.30. The fraction of sp³-hybridized carbons (Fsp3) is 0.667. The van der Waals surface area contributed by atoms with Gasteiger partial charge in [0, 0.05) is 0 Å². The second kappa shape index (κ2) is 2.06. The second-order valence-corrected chi connectivity index (χ2v) is 1.36. The molecular weight excluding hydrogens is 117 g/mol. The number of hydrogen-bond acceptors (Lipinski definition) is 3. The summed E-state index contributed by atoms with van der Waals surface area (Å²) in [6.07, 6.45) is 0. The van der Waals surface area contributed by atoms with E-state index in [2.05, 4.69) is 5.73 Å². The molecule has 0 aromatic heterocycles. The van der Waals surface area contributed by atoms with E-state index in [1.165, 1.54) is 0 Å². The normalized spacial score (nSPS) is 17.4. The lowest BCUT2D eigenvalue weighted by Crippen LogP contribution is -2.49. The van der Waals surface area contributed by atoms with Crippen molar-refractivity contribution in [1.29, 1.82) is 0 Å². The van der Waals surface area contributed by atoms with Gasteiger partial charge >= 0.3 is 5.97 Å². The van der Waals surface area contributed by atoms with E-state index < -0.39 is 18.4 Å². The van der Waals surface area contributed by atoms with Crippen LogP contribution in [0.2, 0.25) is 0 Å². The van der Waals surface area contributed by atoms with Gasteiger partial charge in [0.25, 0.3) is 0 Å². The zero-order chi connectivity index (χ0) is 6.78. The molecule has 0 aliphatic carbocycles. The van der Waals surface area contributed by atoms with Crippen LogP contribution in [0.15, 0.2) is 0 Å². The topological polar surface area (TPSA) is 83.5 Å². The van der Waals surface area contributed by atoms with Crippen LogP contribution in [0.5, 0.6) is 0 Å². The summed E-state index contributed by atoms with van der Waals surface area (Å²) in [4.78, 5) is 9.64. The molecule has 8 heavy (non-hydrogen) atoms. The lowest BCUT2D eigenvalue weighted by Gasteiger charge is -2.10. The number of rotatable bonds is 2. The number of halogens is 1. The first-order valence-corrected chi connectivity index (χ1v) is 1.81. The third-order valence-electron chi connectivity index (χ3n) is 0.574. The van der Waals surface area contributed by atoms with Crippen LogP contribution in [0.3, 0.4) is 0 Å². The zero-order valence-electron chi connectivity index (χ0n) is 3.97. The monoisotopic (exact) mass is 123 g/mol. The van der Waals surface area contributed by atoms with Crippen molar-refractivity contribution in [3.63, 3.8) is 0 Å². The zero-order valence-corrected chi connectivity index (χ0v) is 3.97. The molecule has 0 heterocycles. The molecule has 1 unspecified atom stereocenters. The summed E-state index contributed by atoms with van der Waals surface area (Å²) in [5, 5.41) is 16.0. The molecule has 4 N–H and O–H groups in total. The number of carboxylic acids is 1. The van der Waals surface area contributed by atoms with E-state index in [1.807, 2.05) is 0 Å². The average Bonchev–Trinajstić information content (AvgIpc) is 1.67. The number of nitrogens with two attached hydrogens (primary N) is 1. The molecule has 0 radical (unpaired) electrons. The summed E-state index contributed by atoms with van der Waals surface area (Å²) in [7, 11) is 0. The molecule has 0 aromatic rings. The fourth-order valence-corrected chi connectivity index (χ4v) is 0.0572. The number of aliphatic carboxylic acids is 1. The van der Waals surface area contributed by atoms with Crippen molar-refractivity contribution in [1.82, 2.24) is 0 Å². The molecule has 0 saturated heterocycles. The van der Waals surface area contributed by atoms with Gasteiger partial charge in [0.1, 0.15) is 6.67 Å². The van der Waals surface area contributed by atoms with Gasteiger partial charge in [-0.25, -0.2) is 9.18 Å². The van der Waals surface area contributed by atoms with Crippen LogP contribution in [0, 0.1) is 0 Å². The number of carboxylic acid groups (broad SMARTS) is 1. The maximum atomic E-state index is 11.3. The van der Waals surface area contributed by atoms with Gasteiger partial charge in [-0.2, -0.15) is 0 Å². The van der Waals surface area contributed by atoms with Gasteiger partial charge < -0.3 is 10.2 Å². The Bertz CT molecular complexity index is 103. The quantitative estimate of drug-likeness (QED) is 0.398. The van der Waals surface area contributed by atoms with Crippen molar-refractivity contribution in [2.24, 2.45) is 5.73 Å². The molecule has 0 fully saturated rings. The summed E-state index contributed by atoms with van der Waals surface area (Å²) in [5.74, 6) is -1.76. The Hall–Kier alpha value is -0.680. The summed E-state index contributed by atoms with van der Waals surface area (Å²) in [5.41, 5.74) is 1.73. The van der Waals surface area contributed by atoms with Crippen LogP contribution in [-0.4, -0.2) is 28.6 Å². The Morgan fingerprint density at radius 3 is 2.25 bits per heavy atom. The molecule has 0 aliphatic heterocycles. The molecule has 0 saturated carbocycles. The predicted molar refractivity (Wildman–Crippen MR) is 22.7 cm³/mol. The van der Waals surface area contributed by atoms with Crippen LogP contribution in [0.4, 0.5) is 4.39 Å². The maximum absolute atomic E-state index is 11.3. The Balaban J connectivity index is 3.91. The summed E-state index contributed by atoms with van der Waals surface area (Å²) >= 11 is 0. The van der Waals surface area contributed by atoms with Gasteiger partial charge in [0.2, 0.25) is 5.72 Å². The minimum absolute atomic E-state index is 1.48. The third-order valence-corrected chi connectivity index (χ3v) is 0.574. The van der Waals surface area contributed by atoms with Crippen molar-refractivity contribution in [3.8, 4) is 0 Å². The molecule has 5 heteroatoms. The third kappa shape index (κ3) is 1.43. The van der Waals surface area contributed by atoms with Gasteiger partial charge in [-0.3, -0.25) is 5.73 Å². The van der Waals surface area contributed by atoms with E-state index in [0.717, 1.165) is 0 Å². The first-order chi connectivity index (χ1) is 3.50. The highest BCUT2D eigenvalue weighted by atomic mass is 19.1. The van der Waals surface area contributed by atoms with Gasteiger partial charge in [0.05, 0.1) is 0 Å². The summed E-state index contributed by atoms with van der Waals surface area (Å²) in [6, 6.07) is 0. The molecule has 0 bridgehead atoms. The Morgan fingerprint density at radius 2 is 2.25 bits per heavy atom. The smallest absolute Gasteiger partial charge is 0.353 e. The molecule has 0 amide bonds. The molecule has 0 aliphatic rings. The minimum atomic E-state index is -2.71. The van der Waals surface area contributed by atoms with Gasteiger partial charge in [-0.1, -0.05) is 0 Å². The minimum Gasteiger partial charge on any atom is -0.478 e. The lowest BCUT2D eigenvalue weighted by molar-refractivity contribution is -0.159. The molecular formula is C3H6FNO3. The molecule has 4 nitrogen and oxygen atoms in total. The number of aliphatic hydroxyl groups is 1. The van der Waals surface area contributed by atoms with Crippen LogP contribution in [-0.2, 0) is 4.79 Å². The van der Waals surface area contributed by atoms with Crippen LogP contribution in [0.25, 0.3) is 0 Å². The van der Waals surface area contributed by atoms with Gasteiger partial charge in [0.15, 0.2) is 0 Å². The summed E-state index contributed by atoms with van der Waals surface area (Å²) < 4.78 is 11.3. The summed E-state index contributed by atoms with van der Waals surface area (Å²) in [6.45, 7) is -1.48.